The zero-order valence-electron chi connectivity index (χ0n) is 17.7. The Labute approximate surface area is 181 Å². The van der Waals surface area contributed by atoms with Gasteiger partial charge in [-0.05, 0) is 19.4 Å². The number of anilines is 1. The van der Waals surface area contributed by atoms with E-state index >= 15 is 0 Å². The summed E-state index contributed by atoms with van der Waals surface area (Å²) in [7, 11) is 0. The Hall–Kier alpha value is -3.44. The van der Waals surface area contributed by atoms with Gasteiger partial charge in [0.15, 0.2) is 0 Å². The molecule has 0 saturated carbocycles. The van der Waals surface area contributed by atoms with E-state index in [1.165, 1.54) is 4.90 Å². The maximum Gasteiger partial charge on any atom is 0.311 e. The number of hydrogen-bond acceptors (Lipinski definition) is 6. The summed E-state index contributed by atoms with van der Waals surface area (Å²) < 4.78 is 6.05. The number of ether oxygens (including phenoxy) is 1. The molecule has 0 aliphatic carbocycles. The van der Waals surface area contributed by atoms with Gasteiger partial charge in [0.05, 0.1) is 23.5 Å². The number of benzene rings is 1. The topological polar surface area (TPSA) is 113 Å². The van der Waals surface area contributed by atoms with Crippen LogP contribution in [0.25, 0.3) is 11.3 Å². The molecular formula is C23H25N5O3. The average Bonchev–Trinajstić information content (AvgIpc) is 2.77. The molecule has 0 bridgehead atoms. The quantitative estimate of drug-likeness (QED) is 0.740. The third-order valence-corrected chi connectivity index (χ3v) is 5.84. The van der Waals surface area contributed by atoms with E-state index < -0.39 is 11.8 Å². The third-order valence-electron chi connectivity index (χ3n) is 5.84. The molecule has 0 spiro atoms. The van der Waals surface area contributed by atoms with Crippen molar-refractivity contribution in [3.63, 3.8) is 0 Å². The fourth-order valence-electron chi connectivity index (χ4n) is 4.21. The summed E-state index contributed by atoms with van der Waals surface area (Å²) in [6.45, 7) is 6.07. The summed E-state index contributed by atoms with van der Waals surface area (Å²) in [4.78, 5) is 31.5. The largest absolute Gasteiger partial charge is 0.370 e. The molecule has 1 aromatic heterocycles. The van der Waals surface area contributed by atoms with Crippen LogP contribution in [-0.4, -0.2) is 53.5 Å². The van der Waals surface area contributed by atoms with Gasteiger partial charge in [0.1, 0.15) is 11.9 Å². The van der Waals surface area contributed by atoms with Gasteiger partial charge in [0.2, 0.25) is 0 Å². The Balaban J connectivity index is 1.77. The van der Waals surface area contributed by atoms with Gasteiger partial charge in [0.25, 0.3) is 0 Å². The molecule has 3 heterocycles. The number of primary amides is 1. The highest BCUT2D eigenvalue weighted by atomic mass is 16.5. The summed E-state index contributed by atoms with van der Waals surface area (Å²) in [5.74, 6) is -1.02. The van der Waals surface area contributed by atoms with Gasteiger partial charge in [-0.1, -0.05) is 30.3 Å². The first-order valence-electron chi connectivity index (χ1n) is 10.3. The Morgan fingerprint density at radius 1 is 1.13 bits per heavy atom. The number of nitriles is 1. The number of carbonyl (C=O) groups is 2. The molecule has 2 aliphatic heterocycles. The van der Waals surface area contributed by atoms with Crippen LogP contribution in [0.2, 0.25) is 0 Å². The fraction of sp³-hybridized carbons (Fsp3) is 0.391. The predicted molar refractivity (Wildman–Crippen MR) is 115 cm³/mol. The van der Waals surface area contributed by atoms with E-state index in [9.17, 15) is 14.9 Å². The van der Waals surface area contributed by atoms with Gasteiger partial charge >= 0.3 is 11.8 Å². The highest BCUT2D eigenvalue weighted by Gasteiger charge is 2.34. The third kappa shape index (κ3) is 3.97. The number of amides is 2. The Morgan fingerprint density at radius 2 is 1.81 bits per heavy atom. The summed E-state index contributed by atoms with van der Waals surface area (Å²) in [6, 6.07) is 12.3. The van der Waals surface area contributed by atoms with Crippen molar-refractivity contribution in [1.82, 2.24) is 9.88 Å². The number of nitrogens with two attached hydrogens (primary N) is 1. The standard InChI is InChI=1S/C23H25N5O3/c1-23(2)12-16-17(13-24)21(27-8-10-28(11-9-27)22(30)20(25)29)26-19(18(16)14-31-23)15-6-4-3-5-7-15/h3-7H,8-12,14H2,1-2H3,(H2,25,29). The second-order valence-electron chi connectivity index (χ2n) is 8.46. The van der Waals surface area contributed by atoms with E-state index in [-0.39, 0.29) is 5.60 Å². The van der Waals surface area contributed by atoms with E-state index in [0.29, 0.717) is 50.6 Å². The molecule has 1 fully saturated rings. The first-order chi connectivity index (χ1) is 14.8. The minimum Gasteiger partial charge on any atom is -0.370 e. The zero-order valence-corrected chi connectivity index (χ0v) is 17.7. The Morgan fingerprint density at radius 3 is 2.42 bits per heavy atom. The van der Waals surface area contributed by atoms with Crippen LogP contribution in [-0.2, 0) is 27.4 Å². The molecule has 160 valence electrons. The highest BCUT2D eigenvalue weighted by Crippen LogP contribution is 2.39. The molecule has 2 aromatic rings. The highest BCUT2D eigenvalue weighted by molar-refractivity contribution is 6.34. The minimum absolute atomic E-state index is 0.348. The van der Waals surface area contributed by atoms with Crippen molar-refractivity contribution in [2.75, 3.05) is 31.1 Å². The van der Waals surface area contributed by atoms with Crippen molar-refractivity contribution >= 4 is 17.6 Å². The summed E-state index contributed by atoms with van der Waals surface area (Å²) in [5, 5.41) is 10.1. The van der Waals surface area contributed by atoms with E-state index in [2.05, 4.69) is 6.07 Å². The van der Waals surface area contributed by atoms with Crippen molar-refractivity contribution < 1.29 is 14.3 Å². The summed E-state index contributed by atoms with van der Waals surface area (Å²) in [5.41, 5.74) is 9.02. The summed E-state index contributed by atoms with van der Waals surface area (Å²) >= 11 is 0. The van der Waals surface area contributed by atoms with Gasteiger partial charge < -0.3 is 20.3 Å². The smallest absolute Gasteiger partial charge is 0.311 e. The number of aromatic nitrogens is 1. The lowest BCUT2D eigenvalue weighted by Crippen LogP contribution is -2.52. The first kappa shape index (κ1) is 20.8. The Bertz CT molecular complexity index is 1070. The monoisotopic (exact) mass is 419 g/mol. The number of piperazine rings is 1. The van der Waals surface area contributed by atoms with Gasteiger partial charge in [-0.2, -0.15) is 5.26 Å². The molecule has 8 heteroatoms. The van der Waals surface area contributed by atoms with Crippen LogP contribution in [0.3, 0.4) is 0 Å². The molecule has 0 unspecified atom stereocenters. The van der Waals surface area contributed by atoms with Crippen LogP contribution in [0.4, 0.5) is 5.82 Å². The molecular weight excluding hydrogens is 394 g/mol. The normalized spacial score (nSPS) is 17.6. The lowest BCUT2D eigenvalue weighted by atomic mass is 9.86. The van der Waals surface area contributed by atoms with E-state index in [1.54, 1.807) is 0 Å². The van der Waals surface area contributed by atoms with Crippen LogP contribution in [0.15, 0.2) is 30.3 Å². The van der Waals surface area contributed by atoms with Crippen LogP contribution in [0, 0.1) is 11.3 Å². The zero-order chi connectivity index (χ0) is 22.2. The van der Waals surface area contributed by atoms with Crippen molar-refractivity contribution in [3.05, 3.63) is 47.0 Å². The molecule has 1 saturated heterocycles. The number of pyridine rings is 1. The van der Waals surface area contributed by atoms with E-state index in [1.807, 2.05) is 49.1 Å². The molecule has 2 aliphatic rings. The predicted octanol–water partition coefficient (Wildman–Crippen LogP) is 1.61. The first-order valence-corrected chi connectivity index (χ1v) is 10.3. The van der Waals surface area contributed by atoms with Crippen molar-refractivity contribution in [2.24, 2.45) is 5.73 Å². The van der Waals surface area contributed by atoms with Crippen LogP contribution in [0.1, 0.15) is 30.5 Å². The Kier molecular flexibility index (Phi) is 5.38. The number of carbonyl (C=O) groups excluding carboxylic acids is 2. The lowest BCUT2D eigenvalue weighted by molar-refractivity contribution is -0.144. The molecule has 2 amide bonds. The van der Waals surface area contributed by atoms with Gasteiger partial charge in [-0.25, -0.2) is 4.98 Å². The molecule has 0 atom stereocenters. The molecule has 2 N–H and O–H groups in total. The molecule has 8 nitrogen and oxygen atoms in total. The van der Waals surface area contributed by atoms with E-state index in [4.69, 9.17) is 15.5 Å². The van der Waals surface area contributed by atoms with Crippen molar-refractivity contribution in [2.45, 2.75) is 32.5 Å². The lowest BCUT2D eigenvalue weighted by Gasteiger charge is -2.38. The molecule has 4 rings (SSSR count). The second kappa shape index (κ2) is 8.00. The number of rotatable bonds is 2. The maximum atomic E-state index is 11.9. The molecule has 31 heavy (non-hydrogen) atoms. The van der Waals surface area contributed by atoms with Gasteiger partial charge in [-0.3, -0.25) is 9.59 Å². The number of nitrogens with zero attached hydrogens (tertiary/aromatic N) is 4. The SMILES string of the molecule is CC1(C)Cc2c(C#N)c(N3CCN(C(=O)C(N)=O)CC3)nc(-c3ccccc3)c2CO1. The maximum absolute atomic E-state index is 11.9. The van der Waals surface area contributed by atoms with Gasteiger partial charge in [0, 0.05) is 43.7 Å². The molecule has 1 aromatic carbocycles. The fourth-order valence-corrected chi connectivity index (χ4v) is 4.21. The number of hydrogen-bond donors (Lipinski definition) is 1. The van der Waals surface area contributed by atoms with Crippen LogP contribution >= 0.6 is 0 Å². The molecule has 0 radical (unpaired) electrons. The minimum atomic E-state index is -0.952. The average molecular weight is 419 g/mol. The van der Waals surface area contributed by atoms with E-state index in [0.717, 1.165) is 22.4 Å². The summed E-state index contributed by atoms with van der Waals surface area (Å²) in [6.07, 6.45) is 0.612. The van der Waals surface area contributed by atoms with Gasteiger partial charge in [-0.15, -0.1) is 0 Å². The van der Waals surface area contributed by atoms with Crippen molar-refractivity contribution in [3.8, 4) is 17.3 Å². The van der Waals surface area contributed by atoms with Crippen LogP contribution < -0.4 is 10.6 Å². The van der Waals surface area contributed by atoms with Crippen LogP contribution in [0.5, 0.6) is 0 Å². The van der Waals surface area contributed by atoms with Crippen molar-refractivity contribution in [1.29, 1.82) is 5.26 Å². The second-order valence-corrected chi connectivity index (χ2v) is 8.46. The number of fused-ring (bicyclic) bond motifs is 1.